The highest BCUT2D eigenvalue weighted by molar-refractivity contribution is 5.89. The SMILES string of the molecule is CC(=O)Nc1cccc(Oc2nc(-c3ccc(OC(C)C)cc3)nc3ccccc23)c1. The van der Waals surface area contributed by atoms with Gasteiger partial charge in [0.25, 0.3) is 0 Å². The number of aromatic nitrogens is 2. The predicted molar refractivity (Wildman–Crippen MR) is 122 cm³/mol. The van der Waals surface area contributed by atoms with Crippen molar-refractivity contribution in [3.8, 4) is 28.8 Å². The maximum Gasteiger partial charge on any atom is 0.230 e. The molecule has 0 aliphatic carbocycles. The number of nitrogens with one attached hydrogen (secondary N) is 1. The zero-order valence-corrected chi connectivity index (χ0v) is 17.6. The minimum atomic E-state index is -0.142. The number of carbonyl (C=O) groups excluding carboxylic acids is 1. The van der Waals surface area contributed by atoms with Gasteiger partial charge in [-0.05, 0) is 62.4 Å². The van der Waals surface area contributed by atoms with Crippen molar-refractivity contribution in [1.82, 2.24) is 9.97 Å². The monoisotopic (exact) mass is 413 g/mol. The summed E-state index contributed by atoms with van der Waals surface area (Å²) in [5.41, 5.74) is 2.30. The fourth-order valence-corrected chi connectivity index (χ4v) is 3.16. The molecule has 156 valence electrons. The Kier molecular flexibility index (Phi) is 5.80. The van der Waals surface area contributed by atoms with E-state index < -0.39 is 0 Å². The molecule has 0 atom stereocenters. The first kappa shape index (κ1) is 20.3. The van der Waals surface area contributed by atoms with Crippen LogP contribution in [-0.2, 0) is 4.79 Å². The van der Waals surface area contributed by atoms with Crippen molar-refractivity contribution < 1.29 is 14.3 Å². The van der Waals surface area contributed by atoms with Crippen LogP contribution in [0.25, 0.3) is 22.3 Å². The second kappa shape index (κ2) is 8.83. The molecule has 1 amide bonds. The van der Waals surface area contributed by atoms with E-state index in [0.717, 1.165) is 22.2 Å². The highest BCUT2D eigenvalue weighted by Crippen LogP contribution is 2.31. The number of para-hydroxylation sites is 1. The van der Waals surface area contributed by atoms with Gasteiger partial charge in [0.2, 0.25) is 11.8 Å². The van der Waals surface area contributed by atoms with Crippen molar-refractivity contribution in [3.63, 3.8) is 0 Å². The van der Waals surface area contributed by atoms with E-state index in [-0.39, 0.29) is 12.0 Å². The molecule has 0 bridgehead atoms. The molecule has 0 spiro atoms. The minimum Gasteiger partial charge on any atom is -0.491 e. The summed E-state index contributed by atoms with van der Waals surface area (Å²) in [5.74, 6) is 2.23. The van der Waals surface area contributed by atoms with Crippen LogP contribution in [0.5, 0.6) is 17.4 Å². The van der Waals surface area contributed by atoms with Gasteiger partial charge in [0.1, 0.15) is 11.5 Å². The molecule has 0 aliphatic rings. The standard InChI is InChI=1S/C25H23N3O3/c1-16(2)30-20-13-11-18(12-14-20)24-27-23-10-5-4-9-22(23)25(28-24)31-21-8-6-7-19(15-21)26-17(3)29/h4-16H,1-3H3,(H,26,29). The number of fused-ring (bicyclic) bond motifs is 1. The predicted octanol–water partition coefficient (Wildman–Crippen LogP) is 5.83. The Balaban J connectivity index is 1.71. The third-order valence-electron chi connectivity index (χ3n) is 4.42. The number of hydrogen-bond donors (Lipinski definition) is 1. The summed E-state index contributed by atoms with van der Waals surface area (Å²) >= 11 is 0. The fraction of sp³-hybridized carbons (Fsp3) is 0.160. The van der Waals surface area contributed by atoms with Crippen LogP contribution in [0, 0.1) is 0 Å². The van der Waals surface area contributed by atoms with Crippen molar-refractivity contribution in [1.29, 1.82) is 0 Å². The van der Waals surface area contributed by atoms with Crippen LogP contribution in [0.15, 0.2) is 72.8 Å². The molecule has 0 aliphatic heterocycles. The molecule has 3 aromatic carbocycles. The summed E-state index contributed by atoms with van der Waals surface area (Å²) in [5, 5.41) is 3.56. The molecule has 6 nitrogen and oxygen atoms in total. The van der Waals surface area contributed by atoms with Gasteiger partial charge >= 0.3 is 0 Å². The summed E-state index contributed by atoms with van der Waals surface area (Å²) in [6.45, 7) is 5.45. The molecule has 31 heavy (non-hydrogen) atoms. The number of hydrogen-bond acceptors (Lipinski definition) is 5. The maximum absolute atomic E-state index is 11.4. The van der Waals surface area contributed by atoms with Gasteiger partial charge < -0.3 is 14.8 Å². The molecular weight excluding hydrogens is 390 g/mol. The van der Waals surface area contributed by atoms with Gasteiger partial charge in [0, 0.05) is 24.2 Å². The smallest absolute Gasteiger partial charge is 0.230 e. The maximum atomic E-state index is 11.4. The average molecular weight is 413 g/mol. The summed E-state index contributed by atoms with van der Waals surface area (Å²) in [7, 11) is 0. The van der Waals surface area contributed by atoms with Crippen LogP contribution >= 0.6 is 0 Å². The van der Waals surface area contributed by atoms with Gasteiger partial charge in [-0.25, -0.2) is 4.98 Å². The first-order valence-corrected chi connectivity index (χ1v) is 10.1. The number of rotatable bonds is 6. The minimum absolute atomic E-state index is 0.107. The fourth-order valence-electron chi connectivity index (χ4n) is 3.16. The number of anilines is 1. The van der Waals surface area contributed by atoms with E-state index in [1.807, 2.05) is 74.5 Å². The summed E-state index contributed by atoms with van der Waals surface area (Å²) in [6.07, 6.45) is 0.107. The topological polar surface area (TPSA) is 73.3 Å². The Labute approximate surface area is 180 Å². The van der Waals surface area contributed by atoms with Crippen LogP contribution < -0.4 is 14.8 Å². The van der Waals surface area contributed by atoms with Crippen molar-refractivity contribution in [2.75, 3.05) is 5.32 Å². The molecule has 1 N–H and O–H groups in total. The zero-order chi connectivity index (χ0) is 21.8. The van der Waals surface area contributed by atoms with E-state index in [1.165, 1.54) is 6.92 Å². The largest absolute Gasteiger partial charge is 0.491 e. The van der Waals surface area contributed by atoms with Crippen LogP contribution in [0.2, 0.25) is 0 Å². The Morgan fingerprint density at radius 3 is 2.42 bits per heavy atom. The Morgan fingerprint density at radius 1 is 0.903 bits per heavy atom. The molecule has 1 heterocycles. The van der Waals surface area contributed by atoms with Gasteiger partial charge in [-0.15, -0.1) is 0 Å². The summed E-state index contributed by atoms with van der Waals surface area (Å²) in [6, 6.07) is 22.6. The summed E-state index contributed by atoms with van der Waals surface area (Å²) in [4.78, 5) is 20.8. The van der Waals surface area contributed by atoms with E-state index in [4.69, 9.17) is 14.5 Å². The van der Waals surface area contributed by atoms with E-state index >= 15 is 0 Å². The number of nitrogens with zero attached hydrogens (tertiary/aromatic N) is 2. The third-order valence-corrected chi connectivity index (χ3v) is 4.42. The molecule has 0 saturated heterocycles. The molecule has 0 unspecified atom stereocenters. The normalized spacial score (nSPS) is 10.8. The van der Waals surface area contributed by atoms with Crippen LogP contribution in [-0.4, -0.2) is 22.0 Å². The highest BCUT2D eigenvalue weighted by Gasteiger charge is 2.12. The molecular formula is C25H23N3O3. The molecule has 4 aromatic rings. The lowest BCUT2D eigenvalue weighted by molar-refractivity contribution is -0.114. The third kappa shape index (κ3) is 4.98. The van der Waals surface area contributed by atoms with Gasteiger partial charge in [0.05, 0.1) is 17.0 Å². The lowest BCUT2D eigenvalue weighted by atomic mass is 10.2. The van der Waals surface area contributed by atoms with E-state index in [2.05, 4.69) is 10.3 Å². The van der Waals surface area contributed by atoms with Crippen LogP contribution in [0.4, 0.5) is 5.69 Å². The van der Waals surface area contributed by atoms with Gasteiger partial charge in [-0.2, -0.15) is 4.98 Å². The lowest BCUT2D eigenvalue weighted by Crippen LogP contribution is -2.05. The quantitative estimate of drug-likeness (QED) is 0.430. The van der Waals surface area contributed by atoms with E-state index in [9.17, 15) is 4.79 Å². The number of ether oxygens (including phenoxy) is 2. The lowest BCUT2D eigenvalue weighted by Gasteiger charge is -2.12. The summed E-state index contributed by atoms with van der Waals surface area (Å²) < 4.78 is 11.8. The van der Waals surface area contributed by atoms with Gasteiger partial charge in [-0.1, -0.05) is 18.2 Å². The first-order chi connectivity index (χ1) is 15.0. The van der Waals surface area contributed by atoms with Crippen molar-refractivity contribution in [2.24, 2.45) is 0 Å². The Morgan fingerprint density at radius 2 is 1.68 bits per heavy atom. The number of benzene rings is 3. The second-order valence-corrected chi connectivity index (χ2v) is 7.37. The number of amides is 1. The van der Waals surface area contributed by atoms with Gasteiger partial charge in [0.15, 0.2) is 5.82 Å². The number of carbonyl (C=O) groups is 1. The Hall–Kier alpha value is -3.93. The molecule has 0 fully saturated rings. The van der Waals surface area contributed by atoms with Crippen LogP contribution in [0.3, 0.4) is 0 Å². The van der Waals surface area contributed by atoms with Crippen molar-refractivity contribution in [2.45, 2.75) is 26.9 Å². The highest BCUT2D eigenvalue weighted by atomic mass is 16.5. The van der Waals surface area contributed by atoms with E-state index in [1.54, 1.807) is 12.1 Å². The molecule has 6 heteroatoms. The van der Waals surface area contributed by atoms with Crippen molar-refractivity contribution >= 4 is 22.5 Å². The average Bonchev–Trinajstić information content (AvgIpc) is 2.73. The second-order valence-electron chi connectivity index (χ2n) is 7.37. The molecule has 0 radical (unpaired) electrons. The zero-order valence-electron chi connectivity index (χ0n) is 17.6. The molecule has 4 rings (SSSR count). The van der Waals surface area contributed by atoms with E-state index in [0.29, 0.717) is 23.1 Å². The molecule has 1 aromatic heterocycles. The van der Waals surface area contributed by atoms with Gasteiger partial charge in [-0.3, -0.25) is 4.79 Å². The molecule has 0 saturated carbocycles. The first-order valence-electron chi connectivity index (χ1n) is 10.1. The Bertz CT molecular complexity index is 1220. The van der Waals surface area contributed by atoms with Crippen molar-refractivity contribution in [3.05, 3.63) is 72.8 Å². The van der Waals surface area contributed by atoms with Crippen LogP contribution in [0.1, 0.15) is 20.8 Å².